The van der Waals surface area contributed by atoms with Crippen LogP contribution in [0.4, 0.5) is 11.4 Å². The van der Waals surface area contributed by atoms with Crippen molar-refractivity contribution in [2.24, 2.45) is 0 Å². The van der Waals surface area contributed by atoms with Gasteiger partial charge in [0, 0.05) is 23.0 Å². The normalized spacial score (nSPS) is 10.7. The maximum absolute atomic E-state index is 12.4. The number of benzene rings is 2. The number of carbonyl (C=O) groups excluding carboxylic acids is 2. The van der Waals surface area contributed by atoms with Gasteiger partial charge in [0.2, 0.25) is 5.91 Å². The minimum atomic E-state index is -0.341. The lowest BCUT2D eigenvalue weighted by Gasteiger charge is -2.08. The number of anilines is 2. The average Bonchev–Trinajstić information content (AvgIpc) is 3.16. The van der Waals surface area contributed by atoms with Crippen LogP contribution in [0.15, 0.2) is 82.0 Å². The Kier molecular flexibility index (Phi) is 5.39. The first kappa shape index (κ1) is 18.9. The number of furan rings is 1. The zero-order valence-electron chi connectivity index (χ0n) is 15.2. The SMILES string of the molecule is O=C(Cc1ccc(NC(=O)c2ccc(Br)o2)cc1)Nc1ccc2ncccc2c1. The van der Waals surface area contributed by atoms with Crippen LogP contribution in [0, 0.1) is 0 Å². The summed E-state index contributed by atoms with van der Waals surface area (Å²) in [5, 5.41) is 6.62. The molecule has 29 heavy (non-hydrogen) atoms. The summed E-state index contributed by atoms with van der Waals surface area (Å²) >= 11 is 3.17. The largest absolute Gasteiger partial charge is 0.444 e. The third kappa shape index (κ3) is 4.70. The number of hydrogen-bond acceptors (Lipinski definition) is 4. The van der Waals surface area contributed by atoms with Crippen molar-refractivity contribution >= 4 is 50.0 Å². The quantitative estimate of drug-likeness (QED) is 0.447. The number of nitrogens with zero attached hydrogens (tertiary/aromatic N) is 1. The molecule has 0 bridgehead atoms. The summed E-state index contributed by atoms with van der Waals surface area (Å²) in [5.74, 6) is -0.247. The van der Waals surface area contributed by atoms with E-state index in [1.165, 1.54) is 0 Å². The zero-order chi connectivity index (χ0) is 20.2. The van der Waals surface area contributed by atoms with Crippen molar-refractivity contribution in [3.05, 3.63) is 88.9 Å². The van der Waals surface area contributed by atoms with Crippen molar-refractivity contribution in [1.82, 2.24) is 4.98 Å². The van der Waals surface area contributed by atoms with Crippen LogP contribution in [0.2, 0.25) is 0 Å². The molecule has 0 unspecified atom stereocenters. The number of pyridine rings is 1. The monoisotopic (exact) mass is 449 g/mol. The molecule has 0 spiro atoms. The number of carbonyl (C=O) groups is 2. The van der Waals surface area contributed by atoms with Crippen molar-refractivity contribution in [2.75, 3.05) is 10.6 Å². The summed E-state index contributed by atoms with van der Waals surface area (Å²) < 4.78 is 5.72. The molecule has 4 aromatic rings. The van der Waals surface area contributed by atoms with Gasteiger partial charge in [0.1, 0.15) is 0 Å². The number of hydrogen-bond donors (Lipinski definition) is 2. The molecule has 2 N–H and O–H groups in total. The van der Waals surface area contributed by atoms with Crippen LogP contribution in [0.1, 0.15) is 16.1 Å². The second-order valence-corrected chi connectivity index (χ2v) is 7.17. The summed E-state index contributed by atoms with van der Waals surface area (Å²) in [5.41, 5.74) is 3.06. The molecule has 144 valence electrons. The summed E-state index contributed by atoms with van der Waals surface area (Å²) in [6, 6.07) is 19.8. The zero-order valence-corrected chi connectivity index (χ0v) is 16.8. The van der Waals surface area contributed by atoms with Crippen LogP contribution in [0.5, 0.6) is 0 Å². The second kappa shape index (κ2) is 8.28. The molecule has 2 amide bonds. The minimum Gasteiger partial charge on any atom is -0.444 e. The van der Waals surface area contributed by atoms with Gasteiger partial charge in [-0.15, -0.1) is 0 Å². The Labute approximate surface area is 175 Å². The molecular weight excluding hydrogens is 434 g/mol. The van der Waals surface area contributed by atoms with E-state index < -0.39 is 0 Å². The number of amides is 2. The maximum atomic E-state index is 12.4. The summed E-state index contributed by atoms with van der Waals surface area (Å²) in [6.07, 6.45) is 1.96. The third-order valence-electron chi connectivity index (χ3n) is 4.26. The van der Waals surface area contributed by atoms with Gasteiger partial charge in [-0.25, -0.2) is 0 Å². The van der Waals surface area contributed by atoms with Crippen LogP contribution in [-0.4, -0.2) is 16.8 Å². The highest BCUT2D eigenvalue weighted by Crippen LogP contribution is 2.19. The highest BCUT2D eigenvalue weighted by atomic mass is 79.9. The van der Waals surface area contributed by atoms with Crippen LogP contribution in [0.25, 0.3) is 10.9 Å². The topological polar surface area (TPSA) is 84.2 Å². The van der Waals surface area contributed by atoms with E-state index in [9.17, 15) is 9.59 Å². The van der Waals surface area contributed by atoms with E-state index in [2.05, 4.69) is 31.5 Å². The Morgan fingerprint density at radius 3 is 2.48 bits per heavy atom. The Balaban J connectivity index is 1.36. The maximum Gasteiger partial charge on any atom is 0.291 e. The standard InChI is InChI=1S/C22H16BrN3O3/c23-20-10-9-19(29-20)22(28)26-16-5-3-14(4-6-16)12-21(27)25-17-7-8-18-15(13-17)2-1-11-24-18/h1-11,13H,12H2,(H,25,27)(H,26,28). The molecule has 0 atom stereocenters. The first-order valence-electron chi connectivity index (χ1n) is 8.87. The van der Waals surface area contributed by atoms with E-state index >= 15 is 0 Å². The van der Waals surface area contributed by atoms with Gasteiger partial charge in [-0.2, -0.15) is 0 Å². The lowest BCUT2D eigenvalue weighted by molar-refractivity contribution is -0.115. The molecule has 0 saturated heterocycles. The number of aromatic nitrogens is 1. The second-order valence-electron chi connectivity index (χ2n) is 6.39. The number of nitrogens with one attached hydrogen (secondary N) is 2. The van der Waals surface area contributed by atoms with Gasteiger partial charge < -0.3 is 15.1 Å². The molecule has 2 heterocycles. The molecule has 0 radical (unpaired) electrons. The molecule has 6 nitrogen and oxygen atoms in total. The van der Waals surface area contributed by atoms with Crippen LogP contribution >= 0.6 is 15.9 Å². The molecule has 2 aromatic carbocycles. The van der Waals surface area contributed by atoms with Gasteiger partial charge in [-0.05, 0) is 70.0 Å². The highest BCUT2D eigenvalue weighted by Gasteiger charge is 2.11. The van der Waals surface area contributed by atoms with E-state index in [4.69, 9.17) is 4.42 Å². The van der Waals surface area contributed by atoms with Gasteiger partial charge in [0.15, 0.2) is 10.4 Å². The fraction of sp³-hybridized carbons (Fsp3) is 0.0455. The van der Waals surface area contributed by atoms with Crippen molar-refractivity contribution in [2.45, 2.75) is 6.42 Å². The van der Waals surface area contributed by atoms with Crippen molar-refractivity contribution in [1.29, 1.82) is 0 Å². The average molecular weight is 450 g/mol. The molecule has 0 fully saturated rings. The van der Waals surface area contributed by atoms with E-state index in [-0.39, 0.29) is 24.0 Å². The first-order valence-corrected chi connectivity index (χ1v) is 9.66. The molecule has 0 saturated carbocycles. The van der Waals surface area contributed by atoms with E-state index in [0.29, 0.717) is 10.4 Å². The lowest BCUT2D eigenvalue weighted by atomic mass is 10.1. The highest BCUT2D eigenvalue weighted by molar-refractivity contribution is 9.10. The molecule has 0 aliphatic heterocycles. The molecule has 0 aliphatic rings. The van der Waals surface area contributed by atoms with Crippen LogP contribution in [0.3, 0.4) is 0 Å². The summed E-state index contributed by atoms with van der Waals surface area (Å²) in [7, 11) is 0. The molecule has 4 rings (SSSR count). The number of fused-ring (bicyclic) bond motifs is 1. The van der Waals surface area contributed by atoms with Gasteiger partial charge in [-0.1, -0.05) is 18.2 Å². The van der Waals surface area contributed by atoms with Crippen molar-refractivity contribution in [3.8, 4) is 0 Å². The molecule has 2 aromatic heterocycles. The van der Waals surface area contributed by atoms with Crippen LogP contribution in [-0.2, 0) is 11.2 Å². The molecule has 7 heteroatoms. The number of halogens is 1. The fourth-order valence-electron chi connectivity index (χ4n) is 2.88. The van der Waals surface area contributed by atoms with E-state index in [1.54, 1.807) is 42.6 Å². The van der Waals surface area contributed by atoms with Gasteiger partial charge in [0.25, 0.3) is 5.91 Å². The number of rotatable bonds is 5. The summed E-state index contributed by atoms with van der Waals surface area (Å²) in [4.78, 5) is 28.7. The fourth-order valence-corrected chi connectivity index (χ4v) is 3.19. The van der Waals surface area contributed by atoms with Crippen molar-refractivity contribution in [3.63, 3.8) is 0 Å². The Hall–Kier alpha value is -3.45. The predicted octanol–water partition coefficient (Wildman–Crippen LogP) is 5.02. The Bertz CT molecular complexity index is 1190. The Morgan fingerprint density at radius 2 is 1.72 bits per heavy atom. The van der Waals surface area contributed by atoms with Gasteiger partial charge >= 0.3 is 0 Å². The van der Waals surface area contributed by atoms with E-state index in [1.807, 2.05) is 30.3 Å². The third-order valence-corrected chi connectivity index (χ3v) is 4.69. The van der Waals surface area contributed by atoms with Gasteiger partial charge in [0.05, 0.1) is 11.9 Å². The molecule has 0 aliphatic carbocycles. The van der Waals surface area contributed by atoms with Gasteiger partial charge in [-0.3, -0.25) is 14.6 Å². The first-order chi connectivity index (χ1) is 14.1. The Morgan fingerprint density at radius 1 is 0.931 bits per heavy atom. The van der Waals surface area contributed by atoms with Crippen LogP contribution < -0.4 is 10.6 Å². The van der Waals surface area contributed by atoms with Crippen molar-refractivity contribution < 1.29 is 14.0 Å². The lowest BCUT2D eigenvalue weighted by Crippen LogP contribution is -2.14. The summed E-state index contributed by atoms with van der Waals surface area (Å²) in [6.45, 7) is 0. The molecular formula is C22H16BrN3O3. The smallest absolute Gasteiger partial charge is 0.291 e. The minimum absolute atomic E-state index is 0.120. The predicted molar refractivity (Wildman–Crippen MR) is 115 cm³/mol. The van der Waals surface area contributed by atoms with E-state index in [0.717, 1.165) is 22.2 Å².